The van der Waals surface area contributed by atoms with Crippen LogP contribution in [0.2, 0.25) is 0 Å². The van der Waals surface area contributed by atoms with Crippen molar-refractivity contribution < 1.29 is 14.3 Å². The van der Waals surface area contributed by atoms with Crippen molar-refractivity contribution in [2.75, 3.05) is 26.7 Å². The smallest absolute Gasteiger partial charge is 0.255 e. The highest BCUT2D eigenvalue weighted by atomic mass is 35.5. The van der Waals surface area contributed by atoms with Crippen LogP contribution in [0.5, 0.6) is 5.75 Å². The number of nitrogens with two attached hydrogens (primary N) is 1. The third-order valence-corrected chi connectivity index (χ3v) is 4.93. The molecule has 0 saturated carbocycles. The van der Waals surface area contributed by atoms with E-state index in [2.05, 4.69) is 12.2 Å². The van der Waals surface area contributed by atoms with Crippen LogP contribution in [0.4, 0.5) is 0 Å². The van der Waals surface area contributed by atoms with Gasteiger partial charge in [0.1, 0.15) is 11.8 Å². The molecule has 3 N–H and O–H groups in total. The lowest BCUT2D eigenvalue weighted by Gasteiger charge is -2.28. The largest absolute Gasteiger partial charge is 0.496 e. The number of amides is 2. The lowest BCUT2D eigenvalue weighted by atomic mass is 9.90. The number of nitrogens with zero attached hydrogens (tertiary/aromatic N) is 1. The van der Waals surface area contributed by atoms with E-state index >= 15 is 0 Å². The molecule has 1 aliphatic rings. The van der Waals surface area contributed by atoms with E-state index in [1.165, 1.54) is 7.11 Å². The molecule has 2 unspecified atom stereocenters. The van der Waals surface area contributed by atoms with Gasteiger partial charge in [0.05, 0.1) is 12.7 Å². The lowest BCUT2D eigenvalue weighted by Crippen LogP contribution is -2.51. The van der Waals surface area contributed by atoms with Gasteiger partial charge in [-0.2, -0.15) is 0 Å². The molecule has 1 heterocycles. The summed E-state index contributed by atoms with van der Waals surface area (Å²) in [6, 6.07) is 6.43. The summed E-state index contributed by atoms with van der Waals surface area (Å²) in [4.78, 5) is 27.4. The maximum absolute atomic E-state index is 13.0. The Morgan fingerprint density at radius 3 is 2.54 bits per heavy atom. The van der Waals surface area contributed by atoms with Crippen LogP contribution in [0.25, 0.3) is 0 Å². The molecule has 0 aromatic heterocycles. The van der Waals surface area contributed by atoms with E-state index in [9.17, 15) is 9.59 Å². The van der Waals surface area contributed by atoms with Crippen molar-refractivity contribution in [1.29, 1.82) is 0 Å². The first-order chi connectivity index (χ1) is 11.8. The van der Waals surface area contributed by atoms with Gasteiger partial charge in [-0.25, -0.2) is 0 Å². The van der Waals surface area contributed by atoms with Crippen LogP contribution in [-0.2, 0) is 4.79 Å². The van der Waals surface area contributed by atoms with E-state index in [4.69, 9.17) is 10.5 Å². The third-order valence-electron chi connectivity index (χ3n) is 4.93. The zero-order valence-corrected chi connectivity index (χ0v) is 16.8. The Morgan fingerprint density at radius 2 is 2.00 bits per heavy atom. The van der Waals surface area contributed by atoms with Gasteiger partial charge < -0.3 is 20.7 Å². The van der Waals surface area contributed by atoms with Crippen LogP contribution in [0.1, 0.15) is 37.6 Å². The zero-order valence-electron chi connectivity index (χ0n) is 16.0. The van der Waals surface area contributed by atoms with Gasteiger partial charge in [-0.1, -0.05) is 32.9 Å². The lowest BCUT2D eigenvalue weighted by molar-refractivity contribution is -0.133. The summed E-state index contributed by atoms with van der Waals surface area (Å²) < 4.78 is 5.24. The normalized spacial score (nSPS) is 20.5. The monoisotopic (exact) mass is 383 g/mol. The van der Waals surface area contributed by atoms with Crippen molar-refractivity contribution >= 4 is 24.2 Å². The van der Waals surface area contributed by atoms with Crippen molar-refractivity contribution in [3.8, 4) is 5.75 Å². The number of nitrogens with one attached hydrogen (secondary N) is 1. The molecule has 7 heteroatoms. The van der Waals surface area contributed by atoms with Crippen molar-refractivity contribution in [2.24, 2.45) is 17.1 Å². The highest BCUT2D eigenvalue weighted by molar-refractivity contribution is 5.99. The number of hydrogen-bond acceptors (Lipinski definition) is 4. The molecule has 1 aliphatic heterocycles. The molecule has 0 radical (unpaired) electrons. The van der Waals surface area contributed by atoms with Gasteiger partial charge in [-0.15, -0.1) is 12.4 Å². The number of carbonyl (C=O) groups excluding carboxylic acids is 2. The van der Waals surface area contributed by atoms with Gasteiger partial charge in [0, 0.05) is 13.1 Å². The number of rotatable bonds is 6. The molecule has 0 spiro atoms. The predicted molar refractivity (Wildman–Crippen MR) is 105 cm³/mol. The summed E-state index contributed by atoms with van der Waals surface area (Å²) in [5.41, 5.74) is 6.22. The maximum Gasteiger partial charge on any atom is 0.255 e. The van der Waals surface area contributed by atoms with Gasteiger partial charge in [0.15, 0.2) is 0 Å². The fraction of sp³-hybridized carbons (Fsp3) is 0.579. The Hall–Kier alpha value is -1.79. The van der Waals surface area contributed by atoms with Crippen LogP contribution < -0.4 is 15.8 Å². The van der Waals surface area contributed by atoms with Crippen LogP contribution in [0.15, 0.2) is 24.3 Å². The van der Waals surface area contributed by atoms with Crippen LogP contribution >= 0.6 is 12.4 Å². The molecule has 146 valence electrons. The highest BCUT2D eigenvalue weighted by Gasteiger charge is 2.38. The van der Waals surface area contributed by atoms with Gasteiger partial charge in [-0.05, 0) is 36.4 Å². The fourth-order valence-corrected chi connectivity index (χ4v) is 3.14. The summed E-state index contributed by atoms with van der Waals surface area (Å²) >= 11 is 0. The van der Waals surface area contributed by atoms with Gasteiger partial charge in [0.2, 0.25) is 5.91 Å². The van der Waals surface area contributed by atoms with Crippen molar-refractivity contribution in [2.45, 2.75) is 33.2 Å². The van der Waals surface area contributed by atoms with E-state index in [0.717, 1.165) is 6.42 Å². The number of methoxy groups -OCH3 is 1. The molecule has 1 aromatic rings. The van der Waals surface area contributed by atoms with Gasteiger partial charge in [0.25, 0.3) is 5.91 Å². The number of halogens is 1. The minimum atomic E-state index is -0.572. The minimum Gasteiger partial charge on any atom is -0.496 e. The van der Waals surface area contributed by atoms with E-state index in [1.54, 1.807) is 24.3 Å². The SMILES string of the molecule is COc1ccccc1C(=O)NC(C(=O)N1CCC(C)(CN)C1)C(C)C.Cl. The molecule has 0 bridgehead atoms. The first-order valence-electron chi connectivity index (χ1n) is 8.74. The van der Waals surface area contributed by atoms with E-state index < -0.39 is 6.04 Å². The number of ether oxygens (including phenoxy) is 1. The highest BCUT2D eigenvalue weighted by Crippen LogP contribution is 2.29. The Balaban J connectivity index is 0.00000338. The average Bonchev–Trinajstić information content (AvgIpc) is 3.01. The molecular formula is C19H30ClN3O3. The molecule has 1 aromatic carbocycles. The summed E-state index contributed by atoms with van der Waals surface area (Å²) in [5, 5.41) is 2.89. The third kappa shape index (κ3) is 4.89. The van der Waals surface area contributed by atoms with Gasteiger partial charge in [-0.3, -0.25) is 9.59 Å². The summed E-state index contributed by atoms with van der Waals surface area (Å²) in [7, 11) is 1.52. The van der Waals surface area contributed by atoms with Crippen LogP contribution in [-0.4, -0.2) is 49.5 Å². The average molecular weight is 384 g/mol. The number of para-hydroxylation sites is 1. The second-order valence-corrected chi connectivity index (χ2v) is 7.42. The second kappa shape index (κ2) is 9.24. The molecule has 6 nitrogen and oxygen atoms in total. The summed E-state index contributed by atoms with van der Waals surface area (Å²) in [6.07, 6.45) is 0.889. The second-order valence-electron chi connectivity index (χ2n) is 7.42. The fourth-order valence-electron chi connectivity index (χ4n) is 3.14. The van der Waals surface area contributed by atoms with E-state index in [1.807, 2.05) is 18.7 Å². The number of hydrogen-bond donors (Lipinski definition) is 2. The molecular weight excluding hydrogens is 354 g/mol. The van der Waals surface area contributed by atoms with Crippen molar-refractivity contribution in [3.63, 3.8) is 0 Å². The van der Waals surface area contributed by atoms with E-state index in [0.29, 0.717) is 30.9 Å². The van der Waals surface area contributed by atoms with Crippen LogP contribution in [0, 0.1) is 11.3 Å². The number of benzene rings is 1. The molecule has 1 fully saturated rings. The Labute approximate surface area is 161 Å². The number of likely N-dealkylation sites (tertiary alicyclic amines) is 1. The topological polar surface area (TPSA) is 84.7 Å². The standard InChI is InChI=1S/C19H29N3O3.ClH/c1-13(2)16(18(24)22-10-9-19(3,11-20)12-22)21-17(23)14-7-5-6-8-15(14)25-4;/h5-8,13,16H,9-12,20H2,1-4H3,(H,21,23);1H. The summed E-state index contributed by atoms with van der Waals surface area (Å²) in [5.74, 6) is 0.128. The summed E-state index contributed by atoms with van der Waals surface area (Å²) in [6.45, 7) is 7.83. The zero-order chi connectivity index (χ0) is 18.6. The molecule has 2 atom stereocenters. The molecule has 1 saturated heterocycles. The Kier molecular flexibility index (Phi) is 7.90. The minimum absolute atomic E-state index is 0. The Morgan fingerprint density at radius 1 is 1.35 bits per heavy atom. The van der Waals surface area contributed by atoms with Gasteiger partial charge >= 0.3 is 0 Å². The molecule has 2 amide bonds. The molecule has 0 aliphatic carbocycles. The molecule has 26 heavy (non-hydrogen) atoms. The van der Waals surface area contributed by atoms with Crippen LogP contribution in [0.3, 0.4) is 0 Å². The quantitative estimate of drug-likeness (QED) is 0.787. The van der Waals surface area contributed by atoms with Crippen molar-refractivity contribution in [1.82, 2.24) is 10.2 Å². The predicted octanol–water partition coefficient (Wildman–Crippen LogP) is 2.07. The number of carbonyl (C=O) groups is 2. The first-order valence-corrected chi connectivity index (χ1v) is 8.74. The first kappa shape index (κ1) is 22.3. The van der Waals surface area contributed by atoms with E-state index in [-0.39, 0.29) is 35.6 Å². The van der Waals surface area contributed by atoms with Crippen molar-refractivity contribution in [3.05, 3.63) is 29.8 Å². The molecule has 2 rings (SSSR count). The maximum atomic E-state index is 13.0. The Bertz CT molecular complexity index is 638.